The monoisotopic (exact) mass is 482 g/mol. The molecule has 0 saturated carbocycles. The maximum atomic E-state index is 13.1. The lowest BCUT2D eigenvalue weighted by molar-refractivity contribution is -0.128. The molecule has 2 unspecified atom stereocenters. The van der Waals surface area contributed by atoms with Crippen molar-refractivity contribution in [2.75, 3.05) is 18.6 Å². The van der Waals surface area contributed by atoms with Crippen LogP contribution in [0.2, 0.25) is 15.1 Å². The summed E-state index contributed by atoms with van der Waals surface area (Å²) in [6, 6.07) is 12.5. The second-order valence-corrected chi connectivity index (χ2v) is 9.31. The number of carbonyl (C=O) groups is 1. The molecule has 31 heavy (non-hydrogen) atoms. The fraction of sp³-hybridized carbons (Fsp3) is 0.435. The highest BCUT2D eigenvalue weighted by atomic mass is 35.5. The number of hydrogen-bond acceptors (Lipinski definition) is 4. The van der Waals surface area contributed by atoms with Crippen LogP contribution in [0, 0.1) is 5.92 Å². The van der Waals surface area contributed by atoms with E-state index in [4.69, 9.17) is 34.8 Å². The number of nitrogens with one attached hydrogen (secondary N) is 2. The van der Waals surface area contributed by atoms with E-state index in [9.17, 15) is 4.79 Å². The van der Waals surface area contributed by atoms with Gasteiger partial charge in [0.05, 0.1) is 16.8 Å². The van der Waals surface area contributed by atoms with Gasteiger partial charge in [0.2, 0.25) is 0 Å². The van der Waals surface area contributed by atoms with Crippen molar-refractivity contribution < 1.29 is 4.79 Å². The van der Waals surface area contributed by atoms with Gasteiger partial charge in [-0.15, -0.1) is 0 Å². The Kier molecular flexibility index (Phi) is 8.48. The average Bonchev–Trinajstić information content (AvgIpc) is 3.06. The number of hydrogen-bond donors (Lipinski definition) is 2. The number of amides is 1. The van der Waals surface area contributed by atoms with Crippen molar-refractivity contribution in [3.05, 3.63) is 63.1 Å². The number of carbonyl (C=O) groups excluding carboxylic acids is 1. The number of benzene rings is 2. The minimum Gasteiger partial charge on any atom is -0.298 e. The van der Waals surface area contributed by atoms with Crippen molar-refractivity contribution >= 4 is 46.4 Å². The zero-order chi connectivity index (χ0) is 22.5. The van der Waals surface area contributed by atoms with E-state index in [1.54, 1.807) is 12.1 Å². The van der Waals surface area contributed by atoms with Crippen LogP contribution < -0.4 is 15.9 Å². The largest absolute Gasteiger partial charge is 0.298 e. The first kappa shape index (κ1) is 24.1. The molecule has 1 aliphatic heterocycles. The Morgan fingerprint density at radius 2 is 1.77 bits per heavy atom. The lowest BCUT2D eigenvalue weighted by atomic mass is 9.90. The van der Waals surface area contributed by atoms with Gasteiger partial charge < -0.3 is 0 Å². The number of rotatable bonds is 8. The van der Waals surface area contributed by atoms with Crippen molar-refractivity contribution in [2.24, 2.45) is 5.92 Å². The van der Waals surface area contributed by atoms with E-state index in [-0.39, 0.29) is 17.9 Å². The maximum absolute atomic E-state index is 13.1. The van der Waals surface area contributed by atoms with Gasteiger partial charge in [-0.25, -0.2) is 10.4 Å². The van der Waals surface area contributed by atoms with Gasteiger partial charge in [-0.3, -0.25) is 15.2 Å². The third-order valence-electron chi connectivity index (χ3n) is 5.64. The lowest BCUT2D eigenvalue weighted by Gasteiger charge is -2.29. The Balaban J connectivity index is 1.86. The van der Waals surface area contributed by atoms with Gasteiger partial charge in [-0.2, -0.15) is 0 Å². The van der Waals surface area contributed by atoms with Gasteiger partial charge in [0.15, 0.2) is 0 Å². The Labute approximate surface area is 199 Å². The summed E-state index contributed by atoms with van der Waals surface area (Å²) in [4.78, 5) is 13.1. The van der Waals surface area contributed by atoms with Crippen LogP contribution in [0.4, 0.5) is 5.69 Å². The molecule has 3 atom stereocenters. The van der Waals surface area contributed by atoms with E-state index in [1.807, 2.05) is 47.4 Å². The van der Waals surface area contributed by atoms with Gasteiger partial charge in [-0.1, -0.05) is 73.6 Å². The van der Waals surface area contributed by atoms with Gasteiger partial charge in [0, 0.05) is 29.6 Å². The van der Waals surface area contributed by atoms with Gasteiger partial charge >= 0.3 is 0 Å². The molecule has 1 amide bonds. The molecule has 2 aromatic carbocycles. The second-order valence-electron chi connectivity index (χ2n) is 8.03. The van der Waals surface area contributed by atoms with Crippen molar-refractivity contribution in [1.82, 2.24) is 15.9 Å². The molecule has 0 aromatic heterocycles. The Morgan fingerprint density at radius 3 is 2.42 bits per heavy atom. The highest BCUT2D eigenvalue weighted by molar-refractivity contribution is 6.36. The molecule has 0 spiro atoms. The SMILES string of the molecule is CCCCCN(C)NC(=O)C1NN(c2ccc(Cl)cc2Cl)C(c2ccc(Cl)cc2)[C@@H]1C. The van der Waals surface area contributed by atoms with Crippen LogP contribution >= 0.6 is 34.8 Å². The highest BCUT2D eigenvalue weighted by Crippen LogP contribution is 2.42. The molecule has 1 saturated heterocycles. The molecule has 1 fully saturated rings. The van der Waals surface area contributed by atoms with E-state index in [0.717, 1.165) is 37.1 Å². The molecule has 2 aromatic rings. The molecule has 8 heteroatoms. The summed E-state index contributed by atoms with van der Waals surface area (Å²) < 4.78 is 0. The van der Waals surface area contributed by atoms with E-state index in [2.05, 4.69) is 24.7 Å². The molecule has 0 bridgehead atoms. The van der Waals surface area contributed by atoms with E-state index >= 15 is 0 Å². The fourth-order valence-corrected chi connectivity index (χ4v) is 4.61. The third kappa shape index (κ3) is 5.85. The number of hydrazine groups is 2. The molecule has 0 aliphatic carbocycles. The predicted octanol–water partition coefficient (Wildman–Crippen LogP) is 5.87. The van der Waals surface area contributed by atoms with E-state index in [0.29, 0.717) is 15.1 Å². The first-order valence-corrected chi connectivity index (χ1v) is 11.7. The van der Waals surface area contributed by atoms with E-state index < -0.39 is 6.04 Å². The molecule has 3 rings (SSSR count). The van der Waals surface area contributed by atoms with Crippen LogP contribution in [0.5, 0.6) is 0 Å². The van der Waals surface area contributed by atoms with Crippen molar-refractivity contribution in [3.8, 4) is 0 Å². The highest BCUT2D eigenvalue weighted by Gasteiger charge is 2.44. The fourth-order valence-electron chi connectivity index (χ4n) is 3.98. The standard InChI is InChI=1S/C23H29Cl3N4O/c1-4-5-6-13-29(3)28-23(31)21-15(2)22(16-7-9-17(24)10-8-16)30(27-21)20-12-11-18(25)14-19(20)26/h7-12,14-15,21-22,27H,4-6,13H2,1-3H3,(H,28,31)/t15-,21?,22?/m1/s1. The zero-order valence-corrected chi connectivity index (χ0v) is 20.3. The quantitative estimate of drug-likeness (QED) is 0.364. The molecule has 5 nitrogen and oxygen atoms in total. The van der Waals surface area contributed by atoms with E-state index in [1.165, 1.54) is 0 Å². The normalized spacial score (nSPS) is 21.0. The minimum absolute atomic E-state index is 0.0306. The maximum Gasteiger partial charge on any atom is 0.253 e. The number of halogens is 3. The van der Waals surface area contributed by atoms with Crippen LogP contribution in [-0.2, 0) is 4.79 Å². The summed E-state index contributed by atoms with van der Waals surface area (Å²) in [7, 11) is 1.90. The average molecular weight is 484 g/mol. The minimum atomic E-state index is -0.430. The molecule has 1 heterocycles. The zero-order valence-electron chi connectivity index (χ0n) is 18.0. The van der Waals surface area contributed by atoms with Gasteiger partial charge in [-0.05, 0) is 42.3 Å². The second kappa shape index (κ2) is 10.9. The number of unbranched alkanes of at least 4 members (excludes halogenated alkanes) is 2. The topological polar surface area (TPSA) is 47.6 Å². The van der Waals surface area contributed by atoms with Gasteiger partial charge in [0.25, 0.3) is 5.91 Å². The molecule has 1 aliphatic rings. The Bertz CT molecular complexity index is 893. The predicted molar refractivity (Wildman–Crippen MR) is 130 cm³/mol. The van der Waals surface area contributed by atoms with Crippen LogP contribution in [0.15, 0.2) is 42.5 Å². The molecule has 0 radical (unpaired) electrons. The van der Waals surface area contributed by atoms with Crippen LogP contribution in [-0.4, -0.2) is 30.6 Å². The third-order valence-corrected chi connectivity index (χ3v) is 6.43. The summed E-state index contributed by atoms with van der Waals surface area (Å²) >= 11 is 18.7. The molecular weight excluding hydrogens is 455 g/mol. The van der Waals surface area contributed by atoms with Gasteiger partial charge in [0.1, 0.15) is 6.04 Å². The first-order chi connectivity index (χ1) is 14.8. The molecule has 2 N–H and O–H groups in total. The van der Waals surface area contributed by atoms with Crippen LogP contribution in [0.1, 0.15) is 44.7 Å². The Hall–Kier alpha value is -1.50. The van der Waals surface area contributed by atoms with Crippen LogP contribution in [0.3, 0.4) is 0 Å². The number of nitrogens with zero attached hydrogens (tertiary/aromatic N) is 2. The smallest absolute Gasteiger partial charge is 0.253 e. The molecule has 168 valence electrons. The first-order valence-electron chi connectivity index (χ1n) is 10.6. The van der Waals surface area contributed by atoms with Crippen molar-refractivity contribution in [1.29, 1.82) is 0 Å². The summed E-state index contributed by atoms with van der Waals surface area (Å²) in [5.74, 6) is -0.102. The summed E-state index contributed by atoms with van der Waals surface area (Å²) in [6.07, 6.45) is 3.32. The number of anilines is 1. The summed E-state index contributed by atoms with van der Waals surface area (Å²) in [6.45, 7) is 5.04. The van der Waals surface area contributed by atoms with Crippen molar-refractivity contribution in [2.45, 2.75) is 45.2 Å². The molecular formula is C23H29Cl3N4O. The van der Waals surface area contributed by atoms with Crippen LogP contribution in [0.25, 0.3) is 0 Å². The Morgan fingerprint density at radius 1 is 1.10 bits per heavy atom. The van der Waals surface area contributed by atoms with Crippen molar-refractivity contribution in [3.63, 3.8) is 0 Å². The summed E-state index contributed by atoms with van der Waals surface area (Å²) in [5.41, 5.74) is 8.22. The lowest BCUT2D eigenvalue weighted by Crippen LogP contribution is -2.51. The summed E-state index contributed by atoms with van der Waals surface area (Å²) in [5, 5.41) is 5.58.